The van der Waals surface area contributed by atoms with Gasteiger partial charge in [-0.2, -0.15) is 0 Å². The van der Waals surface area contributed by atoms with Crippen LogP contribution >= 0.6 is 0 Å². The lowest BCUT2D eigenvalue weighted by Gasteiger charge is -2.38. The molecule has 124 valence electrons. The van der Waals surface area contributed by atoms with Gasteiger partial charge < -0.3 is 19.7 Å². The standard InChI is InChI=1S/C18H30N2O2/c1-13(2)21-14-7-8-15-16(19-9-10-20(5)6)12-18(3,4)22-17(15)11-14/h7-8,11,13,16,19H,9-10,12H2,1-6H3. The predicted molar refractivity (Wildman–Crippen MR) is 90.8 cm³/mol. The summed E-state index contributed by atoms with van der Waals surface area (Å²) in [7, 11) is 4.19. The van der Waals surface area contributed by atoms with Gasteiger partial charge in [0.15, 0.2) is 0 Å². The highest BCUT2D eigenvalue weighted by Crippen LogP contribution is 2.41. The van der Waals surface area contributed by atoms with Crippen molar-refractivity contribution in [3.05, 3.63) is 23.8 Å². The van der Waals surface area contributed by atoms with Gasteiger partial charge in [0, 0.05) is 37.2 Å². The number of hydrogen-bond acceptors (Lipinski definition) is 4. The lowest BCUT2D eigenvalue weighted by atomic mass is 9.89. The average molecular weight is 306 g/mol. The van der Waals surface area contributed by atoms with Crippen LogP contribution in [0.5, 0.6) is 11.5 Å². The van der Waals surface area contributed by atoms with Gasteiger partial charge in [0.2, 0.25) is 0 Å². The number of rotatable bonds is 6. The third-order valence-electron chi connectivity index (χ3n) is 3.76. The van der Waals surface area contributed by atoms with Crippen molar-refractivity contribution >= 4 is 0 Å². The molecule has 1 heterocycles. The maximum atomic E-state index is 6.17. The largest absolute Gasteiger partial charge is 0.491 e. The van der Waals surface area contributed by atoms with Gasteiger partial charge in [-0.15, -0.1) is 0 Å². The van der Waals surface area contributed by atoms with E-state index in [0.29, 0.717) is 6.04 Å². The van der Waals surface area contributed by atoms with E-state index in [0.717, 1.165) is 31.0 Å². The molecule has 0 aromatic heterocycles. The van der Waals surface area contributed by atoms with E-state index in [4.69, 9.17) is 9.47 Å². The second-order valence-corrected chi connectivity index (χ2v) is 7.24. The van der Waals surface area contributed by atoms with Crippen molar-refractivity contribution in [3.63, 3.8) is 0 Å². The highest BCUT2D eigenvalue weighted by Gasteiger charge is 2.33. The van der Waals surface area contributed by atoms with E-state index < -0.39 is 0 Å². The van der Waals surface area contributed by atoms with Crippen LogP contribution in [0, 0.1) is 0 Å². The summed E-state index contributed by atoms with van der Waals surface area (Å²) < 4.78 is 12.0. The Kier molecular flexibility index (Phi) is 5.35. The van der Waals surface area contributed by atoms with E-state index in [1.807, 2.05) is 26.0 Å². The zero-order valence-corrected chi connectivity index (χ0v) is 14.8. The Labute approximate surface area is 134 Å². The summed E-state index contributed by atoms with van der Waals surface area (Å²) in [6.07, 6.45) is 1.14. The van der Waals surface area contributed by atoms with Gasteiger partial charge in [-0.25, -0.2) is 0 Å². The molecule has 0 fully saturated rings. The average Bonchev–Trinajstić information content (AvgIpc) is 2.35. The molecule has 1 unspecified atom stereocenters. The molecule has 1 aromatic rings. The Morgan fingerprint density at radius 1 is 1.36 bits per heavy atom. The Hall–Kier alpha value is -1.26. The van der Waals surface area contributed by atoms with Gasteiger partial charge in [-0.05, 0) is 47.9 Å². The number of ether oxygens (including phenoxy) is 2. The monoisotopic (exact) mass is 306 g/mol. The third kappa shape index (κ3) is 4.62. The van der Waals surface area contributed by atoms with Crippen LogP contribution in [-0.2, 0) is 0 Å². The van der Waals surface area contributed by atoms with E-state index in [9.17, 15) is 0 Å². The lowest BCUT2D eigenvalue weighted by Crippen LogP contribution is -2.41. The summed E-state index contributed by atoms with van der Waals surface area (Å²) in [6, 6.07) is 6.53. The Morgan fingerprint density at radius 2 is 2.09 bits per heavy atom. The minimum Gasteiger partial charge on any atom is -0.491 e. The molecule has 4 heteroatoms. The first-order valence-corrected chi connectivity index (χ1v) is 8.14. The maximum Gasteiger partial charge on any atom is 0.128 e. The minimum absolute atomic E-state index is 0.167. The number of fused-ring (bicyclic) bond motifs is 1. The van der Waals surface area contributed by atoms with Crippen LogP contribution in [0.2, 0.25) is 0 Å². The van der Waals surface area contributed by atoms with Crippen molar-refractivity contribution in [2.24, 2.45) is 0 Å². The second-order valence-electron chi connectivity index (χ2n) is 7.24. The highest BCUT2D eigenvalue weighted by molar-refractivity contribution is 5.44. The van der Waals surface area contributed by atoms with Crippen LogP contribution in [0.15, 0.2) is 18.2 Å². The smallest absolute Gasteiger partial charge is 0.128 e. The fraction of sp³-hybridized carbons (Fsp3) is 0.667. The Bertz CT molecular complexity index is 498. The third-order valence-corrected chi connectivity index (χ3v) is 3.76. The zero-order chi connectivity index (χ0) is 16.3. The zero-order valence-electron chi connectivity index (χ0n) is 14.8. The van der Waals surface area contributed by atoms with E-state index in [1.165, 1.54) is 5.56 Å². The molecule has 1 aliphatic rings. The first-order chi connectivity index (χ1) is 10.3. The van der Waals surface area contributed by atoms with E-state index >= 15 is 0 Å². The SMILES string of the molecule is CC(C)Oc1ccc2c(c1)OC(C)(C)CC2NCCN(C)C. The molecule has 0 saturated heterocycles. The number of hydrogen-bond donors (Lipinski definition) is 1. The molecule has 1 aromatic carbocycles. The van der Waals surface area contributed by atoms with Gasteiger partial charge in [-0.3, -0.25) is 0 Å². The van der Waals surface area contributed by atoms with Gasteiger partial charge in [-0.1, -0.05) is 6.07 Å². The molecule has 0 bridgehead atoms. The van der Waals surface area contributed by atoms with Crippen molar-refractivity contribution < 1.29 is 9.47 Å². The van der Waals surface area contributed by atoms with Crippen LogP contribution in [0.3, 0.4) is 0 Å². The number of likely N-dealkylation sites (N-methyl/N-ethyl adjacent to an activating group) is 1. The van der Waals surface area contributed by atoms with Gasteiger partial charge >= 0.3 is 0 Å². The molecule has 0 amide bonds. The van der Waals surface area contributed by atoms with Gasteiger partial charge in [0.1, 0.15) is 17.1 Å². The molecule has 0 saturated carbocycles. The molecular weight excluding hydrogens is 276 g/mol. The fourth-order valence-corrected chi connectivity index (χ4v) is 2.82. The van der Waals surface area contributed by atoms with Crippen molar-refractivity contribution in [1.82, 2.24) is 10.2 Å². The minimum atomic E-state index is -0.167. The number of nitrogens with zero attached hydrogens (tertiary/aromatic N) is 1. The summed E-state index contributed by atoms with van der Waals surface area (Å²) in [5.74, 6) is 1.82. The van der Waals surface area contributed by atoms with Crippen LogP contribution in [0.25, 0.3) is 0 Å². The molecule has 22 heavy (non-hydrogen) atoms. The maximum absolute atomic E-state index is 6.17. The van der Waals surface area contributed by atoms with Crippen LogP contribution in [0.4, 0.5) is 0 Å². The van der Waals surface area contributed by atoms with E-state index in [1.54, 1.807) is 0 Å². The molecule has 2 rings (SSSR count). The Morgan fingerprint density at radius 3 is 2.73 bits per heavy atom. The molecule has 0 aliphatic carbocycles. The predicted octanol–water partition coefficient (Wildman–Crippen LogP) is 3.23. The van der Waals surface area contributed by atoms with Crippen LogP contribution < -0.4 is 14.8 Å². The normalized spacial score (nSPS) is 19.9. The summed E-state index contributed by atoms with van der Waals surface area (Å²) in [6.45, 7) is 10.4. The molecule has 4 nitrogen and oxygen atoms in total. The number of nitrogens with one attached hydrogen (secondary N) is 1. The first-order valence-electron chi connectivity index (χ1n) is 8.14. The molecule has 1 atom stereocenters. The van der Waals surface area contributed by atoms with Crippen LogP contribution in [0.1, 0.15) is 45.7 Å². The van der Waals surface area contributed by atoms with Crippen molar-refractivity contribution in [3.8, 4) is 11.5 Å². The van der Waals surface area contributed by atoms with E-state index in [-0.39, 0.29) is 11.7 Å². The van der Waals surface area contributed by atoms with Crippen LogP contribution in [-0.4, -0.2) is 43.8 Å². The first kappa shape index (κ1) is 17.1. The van der Waals surface area contributed by atoms with Crippen molar-refractivity contribution in [2.45, 2.75) is 51.9 Å². The quantitative estimate of drug-likeness (QED) is 0.875. The number of benzene rings is 1. The lowest BCUT2D eigenvalue weighted by molar-refractivity contribution is 0.0652. The summed E-state index contributed by atoms with van der Waals surface area (Å²) in [4.78, 5) is 2.19. The Balaban J connectivity index is 2.17. The summed E-state index contributed by atoms with van der Waals surface area (Å²) >= 11 is 0. The highest BCUT2D eigenvalue weighted by atomic mass is 16.5. The second kappa shape index (κ2) is 6.88. The molecule has 0 spiro atoms. The topological polar surface area (TPSA) is 33.7 Å². The fourth-order valence-electron chi connectivity index (χ4n) is 2.82. The van der Waals surface area contributed by atoms with Crippen molar-refractivity contribution in [1.29, 1.82) is 0 Å². The van der Waals surface area contributed by atoms with E-state index in [2.05, 4.69) is 44.2 Å². The molecular formula is C18H30N2O2. The van der Waals surface area contributed by atoms with Crippen molar-refractivity contribution in [2.75, 3.05) is 27.2 Å². The molecule has 0 radical (unpaired) electrons. The molecule has 1 aliphatic heterocycles. The summed E-state index contributed by atoms with van der Waals surface area (Å²) in [5, 5.41) is 3.66. The summed E-state index contributed by atoms with van der Waals surface area (Å²) in [5.41, 5.74) is 1.06. The molecule has 1 N–H and O–H groups in total. The van der Waals surface area contributed by atoms with Gasteiger partial charge in [0.05, 0.1) is 6.10 Å². The van der Waals surface area contributed by atoms with Gasteiger partial charge in [0.25, 0.3) is 0 Å².